The first-order valence-corrected chi connectivity index (χ1v) is 25.7. The average Bonchev–Trinajstić information content (AvgIpc) is 3.28. The smallest absolute Gasteiger partial charge is 0.306 e. The van der Waals surface area contributed by atoms with E-state index in [1.165, 1.54) is 77.0 Å². The van der Waals surface area contributed by atoms with E-state index in [1.807, 2.05) is 0 Å². The molecule has 0 radical (unpaired) electrons. The number of allylic oxidation sites excluding steroid dienone is 16. The van der Waals surface area contributed by atoms with Gasteiger partial charge in [0, 0.05) is 19.3 Å². The summed E-state index contributed by atoms with van der Waals surface area (Å²) in [4.78, 5) is 37.9. The van der Waals surface area contributed by atoms with Crippen LogP contribution >= 0.6 is 0 Å². The third-order valence-corrected chi connectivity index (χ3v) is 10.5. The zero-order chi connectivity index (χ0) is 45.8. The van der Waals surface area contributed by atoms with Crippen LogP contribution in [0.1, 0.15) is 226 Å². The molecule has 0 spiro atoms. The lowest BCUT2D eigenvalue weighted by Gasteiger charge is -2.18. The molecule has 0 amide bonds. The Morgan fingerprint density at radius 2 is 0.587 bits per heavy atom. The predicted octanol–water partition coefficient (Wildman–Crippen LogP) is 17.0. The number of esters is 3. The summed E-state index contributed by atoms with van der Waals surface area (Å²) in [5.41, 5.74) is 0. The lowest BCUT2D eigenvalue weighted by molar-refractivity contribution is -0.167. The van der Waals surface area contributed by atoms with Crippen LogP contribution in [-0.4, -0.2) is 37.2 Å². The summed E-state index contributed by atoms with van der Waals surface area (Å²) in [5, 5.41) is 0. The maximum absolute atomic E-state index is 12.8. The largest absolute Gasteiger partial charge is 0.462 e. The summed E-state index contributed by atoms with van der Waals surface area (Å²) in [6.07, 6.45) is 66.7. The van der Waals surface area contributed by atoms with Crippen molar-refractivity contribution < 1.29 is 28.6 Å². The van der Waals surface area contributed by atoms with Gasteiger partial charge in [0.15, 0.2) is 6.10 Å². The fraction of sp³-hybridized carbons (Fsp3) is 0.667. The first-order valence-electron chi connectivity index (χ1n) is 25.7. The molecule has 0 aliphatic rings. The van der Waals surface area contributed by atoms with Crippen LogP contribution in [0.2, 0.25) is 0 Å². The molecule has 0 aliphatic carbocycles. The van der Waals surface area contributed by atoms with E-state index in [1.54, 1.807) is 0 Å². The van der Waals surface area contributed by atoms with Crippen LogP contribution < -0.4 is 0 Å². The fourth-order valence-corrected chi connectivity index (χ4v) is 6.59. The first kappa shape index (κ1) is 59.3. The molecule has 0 saturated carbocycles. The Morgan fingerprint density at radius 3 is 1.00 bits per heavy atom. The van der Waals surface area contributed by atoms with Crippen molar-refractivity contribution in [1.29, 1.82) is 0 Å². The second-order valence-electron chi connectivity index (χ2n) is 16.7. The highest BCUT2D eigenvalue weighted by Gasteiger charge is 2.19. The summed E-state index contributed by atoms with van der Waals surface area (Å²) in [7, 11) is 0. The Kier molecular flexibility index (Phi) is 48.0. The topological polar surface area (TPSA) is 78.9 Å². The van der Waals surface area contributed by atoms with E-state index in [0.717, 1.165) is 109 Å². The van der Waals surface area contributed by atoms with Crippen molar-refractivity contribution in [1.82, 2.24) is 0 Å². The van der Waals surface area contributed by atoms with Gasteiger partial charge in [0.25, 0.3) is 0 Å². The average molecular weight is 875 g/mol. The fourth-order valence-electron chi connectivity index (χ4n) is 6.59. The van der Waals surface area contributed by atoms with E-state index >= 15 is 0 Å². The maximum Gasteiger partial charge on any atom is 0.306 e. The highest BCUT2D eigenvalue weighted by atomic mass is 16.6. The molecule has 0 aromatic rings. The van der Waals surface area contributed by atoms with Crippen molar-refractivity contribution in [2.75, 3.05) is 13.2 Å². The van der Waals surface area contributed by atoms with Crippen molar-refractivity contribution in [3.05, 3.63) is 97.2 Å². The lowest BCUT2D eigenvalue weighted by atomic mass is 10.1. The minimum atomic E-state index is -0.810. The van der Waals surface area contributed by atoms with Crippen LogP contribution in [-0.2, 0) is 28.6 Å². The quantitative estimate of drug-likeness (QED) is 0.0262. The molecule has 0 N–H and O–H groups in total. The summed E-state index contributed by atoms with van der Waals surface area (Å²) >= 11 is 0. The Labute approximate surface area is 387 Å². The van der Waals surface area contributed by atoms with E-state index in [4.69, 9.17) is 14.2 Å². The van der Waals surface area contributed by atoms with Crippen molar-refractivity contribution in [2.24, 2.45) is 0 Å². The molecule has 0 heterocycles. The van der Waals surface area contributed by atoms with Crippen molar-refractivity contribution in [3.63, 3.8) is 0 Å². The molecule has 0 saturated heterocycles. The maximum atomic E-state index is 12.8. The van der Waals surface area contributed by atoms with Crippen LogP contribution in [0, 0.1) is 0 Å². The second kappa shape index (κ2) is 51.0. The molecule has 0 aliphatic heterocycles. The number of carbonyl (C=O) groups excluding carboxylic acids is 3. The molecular weight excluding hydrogens is 781 g/mol. The number of ether oxygens (including phenoxy) is 3. The number of rotatable bonds is 45. The number of hydrogen-bond acceptors (Lipinski definition) is 6. The number of carbonyl (C=O) groups is 3. The highest BCUT2D eigenvalue weighted by molar-refractivity contribution is 5.71. The Hall–Kier alpha value is -3.67. The predicted molar refractivity (Wildman–Crippen MR) is 270 cm³/mol. The van der Waals surface area contributed by atoms with Crippen LogP contribution in [0.3, 0.4) is 0 Å². The Morgan fingerprint density at radius 1 is 0.317 bits per heavy atom. The summed E-state index contributed by atoms with van der Waals surface area (Å²) < 4.78 is 16.7. The monoisotopic (exact) mass is 875 g/mol. The molecule has 0 bridgehead atoms. The molecule has 0 aromatic carbocycles. The molecule has 6 nitrogen and oxygen atoms in total. The van der Waals surface area contributed by atoms with Gasteiger partial charge in [-0.25, -0.2) is 0 Å². The van der Waals surface area contributed by atoms with Gasteiger partial charge in [0.2, 0.25) is 0 Å². The summed E-state index contributed by atoms with van der Waals surface area (Å²) in [6.45, 7) is 6.46. The van der Waals surface area contributed by atoms with E-state index in [0.29, 0.717) is 19.3 Å². The van der Waals surface area contributed by atoms with Gasteiger partial charge in [0.05, 0.1) is 0 Å². The van der Waals surface area contributed by atoms with Crippen molar-refractivity contribution in [3.8, 4) is 0 Å². The minimum Gasteiger partial charge on any atom is -0.462 e. The molecule has 0 rings (SSSR count). The first-order chi connectivity index (χ1) is 31.0. The van der Waals surface area contributed by atoms with Gasteiger partial charge in [-0.2, -0.15) is 0 Å². The molecule has 1 atom stereocenters. The highest BCUT2D eigenvalue weighted by Crippen LogP contribution is 2.12. The third-order valence-electron chi connectivity index (χ3n) is 10.5. The van der Waals surface area contributed by atoms with Gasteiger partial charge in [-0.3, -0.25) is 14.4 Å². The number of unbranched alkanes of at least 4 members (excludes halogenated alkanes) is 18. The van der Waals surface area contributed by atoms with E-state index in [9.17, 15) is 14.4 Å². The van der Waals surface area contributed by atoms with Gasteiger partial charge in [-0.05, 0) is 122 Å². The normalized spacial score (nSPS) is 12.9. The molecule has 0 unspecified atom stereocenters. The van der Waals surface area contributed by atoms with Gasteiger partial charge in [-0.1, -0.05) is 182 Å². The van der Waals surface area contributed by atoms with E-state index in [2.05, 4.69) is 118 Å². The van der Waals surface area contributed by atoms with Gasteiger partial charge in [0.1, 0.15) is 13.2 Å². The molecule has 358 valence electrons. The van der Waals surface area contributed by atoms with Gasteiger partial charge in [-0.15, -0.1) is 0 Å². The minimum absolute atomic E-state index is 0.111. The molecule has 0 fully saturated rings. The zero-order valence-corrected chi connectivity index (χ0v) is 40.8. The van der Waals surface area contributed by atoms with Crippen molar-refractivity contribution >= 4 is 17.9 Å². The summed E-state index contributed by atoms with van der Waals surface area (Å²) in [5.74, 6) is -0.992. The number of hydrogen-bond donors (Lipinski definition) is 0. The third kappa shape index (κ3) is 49.2. The van der Waals surface area contributed by atoms with Gasteiger partial charge >= 0.3 is 17.9 Å². The molecular formula is C57H94O6. The second-order valence-corrected chi connectivity index (χ2v) is 16.7. The van der Waals surface area contributed by atoms with Crippen LogP contribution in [0.25, 0.3) is 0 Å². The molecule has 6 heteroatoms. The SMILES string of the molecule is CCCC/C=C\CCCCCCCC(=O)O[C@@H](COC(=O)CCCC/C=C\C/C=C\C/C=C\CCCCC)COC(=O)CCCCC/C=C\C/C=C\C/C=C\C/C=C\CCCCC. The van der Waals surface area contributed by atoms with Crippen LogP contribution in [0.15, 0.2) is 97.2 Å². The zero-order valence-electron chi connectivity index (χ0n) is 40.8. The van der Waals surface area contributed by atoms with Crippen molar-refractivity contribution in [2.45, 2.75) is 232 Å². The van der Waals surface area contributed by atoms with Crippen LogP contribution in [0.4, 0.5) is 0 Å². The summed E-state index contributed by atoms with van der Waals surface area (Å²) in [6, 6.07) is 0. The van der Waals surface area contributed by atoms with E-state index < -0.39 is 6.10 Å². The van der Waals surface area contributed by atoms with Gasteiger partial charge < -0.3 is 14.2 Å². The Bertz CT molecular complexity index is 1280. The lowest BCUT2D eigenvalue weighted by Crippen LogP contribution is -2.30. The molecule has 0 aromatic heterocycles. The van der Waals surface area contributed by atoms with E-state index in [-0.39, 0.29) is 31.1 Å². The van der Waals surface area contributed by atoms with Crippen LogP contribution in [0.5, 0.6) is 0 Å². The molecule has 63 heavy (non-hydrogen) atoms. The standard InChI is InChI=1S/C57H94O6/c1-4-7-10-13-16-19-22-24-26-27-28-29-31-33-36-38-41-44-47-50-56(59)62-53-54(63-57(60)51-48-45-42-39-34-21-18-15-12-9-6-3)52-61-55(58)49-46-43-40-37-35-32-30-25-23-20-17-14-11-8-5-2/h15-20,24-26,28-30,33,35-37,54H,4-14,21-23,27,31-32,34,38-53H2,1-3H3/b18-15-,19-16-,20-17-,26-24-,29-28-,30-25-,36-33-,37-35-/t54-/m0/s1. The Balaban J connectivity index is 4.49.